The monoisotopic (exact) mass is 396 g/mol. The molecule has 1 aromatic carbocycles. The third-order valence-electron chi connectivity index (χ3n) is 5.54. The molecule has 150 valence electrons. The molecule has 3 rings (SSSR count). The summed E-state index contributed by atoms with van der Waals surface area (Å²) in [7, 11) is -2.11. The summed E-state index contributed by atoms with van der Waals surface area (Å²) in [4.78, 5) is 14.1. The molecule has 2 aliphatic heterocycles. The Bertz CT molecular complexity index is 772. The summed E-state index contributed by atoms with van der Waals surface area (Å²) in [6.45, 7) is 4.58. The van der Waals surface area contributed by atoms with Crippen molar-refractivity contribution >= 4 is 15.9 Å². The second-order valence-electron chi connectivity index (χ2n) is 7.30. The largest absolute Gasteiger partial charge is 0.492 e. The fourth-order valence-electron chi connectivity index (χ4n) is 3.81. The van der Waals surface area contributed by atoms with Crippen LogP contribution in [-0.4, -0.2) is 70.0 Å². The van der Waals surface area contributed by atoms with Crippen molar-refractivity contribution in [3.8, 4) is 5.75 Å². The van der Waals surface area contributed by atoms with Crippen LogP contribution in [0, 0.1) is 5.41 Å². The van der Waals surface area contributed by atoms with E-state index in [2.05, 4.69) is 0 Å². The van der Waals surface area contributed by atoms with Crippen molar-refractivity contribution in [2.45, 2.75) is 31.1 Å². The van der Waals surface area contributed by atoms with Crippen LogP contribution in [-0.2, 0) is 19.6 Å². The number of sulfonamides is 1. The zero-order valence-electron chi connectivity index (χ0n) is 16.0. The van der Waals surface area contributed by atoms with Crippen LogP contribution >= 0.6 is 0 Å². The Hall–Kier alpha value is -1.64. The van der Waals surface area contributed by atoms with Crippen molar-refractivity contribution in [3.05, 3.63) is 24.3 Å². The maximum atomic E-state index is 13.3. The number of hydrogen-bond donors (Lipinski definition) is 0. The molecule has 0 unspecified atom stereocenters. The summed E-state index contributed by atoms with van der Waals surface area (Å²) in [6.07, 6.45) is 1.94. The molecule has 27 heavy (non-hydrogen) atoms. The molecule has 0 aromatic heterocycles. The number of rotatable bonds is 4. The van der Waals surface area contributed by atoms with Crippen LogP contribution in [0.1, 0.15) is 26.2 Å². The van der Waals surface area contributed by atoms with Crippen molar-refractivity contribution in [3.63, 3.8) is 0 Å². The average molecular weight is 397 g/mol. The molecule has 1 fully saturated rings. The van der Waals surface area contributed by atoms with Gasteiger partial charge in [0.15, 0.2) is 0 Å². The Kier molecular flexibility index (Phi) is 6.08. The molecule has 1 saturated heterocycles. The Labute approximate surface area is 161 Å². The number of hydrogen-bond acceptors (Lipinski definition) is 5. The van der Waals surface area contributed by atoms with E-state index in [0.29, 0.717) is 51.6 Å². The van der Waals surface area contributed by atoms with Crippen molar-refractivity contribution in [1.82, 2.24) is 9.21 Å². The van der Waals surface area contributed by atoms with Gasteiger partial charge in [0.05, 0.1) is 13.2 Å². The first-order chi connectivity index (χ1) is 12.9. The second kappa shape index (κ2) is 8.16. The summed E-state index contributed by atoms with van der Waals surface area (Å²) in [5.41, 5.74) is -0.307. The van der Waals surface area contributed by atoms with E-state index in [4.69, 9.17) is 9.47 Å². The number of methoxy groups -OCH3 is 1. The lowest BCUT2D eigenvalue weighted by molar-refractivity contribution is -0.133. The first-order valence-corrected chi connectivity index (χ1v) is 10.8. The first-order valence-electron chi connectivity index (χ1n) is 9.40. The van der Waals surface area contributed by atoms with Gasteiger partial charge >= 0.3 is 0 Å². The van der Waals surface area contributed by atoms with Crippen LogP contribution in [0.2, 0.25) is 0 Å². The van der Waals surface area contributed by atoms with Crippen LogP contribution in [0.4, 0.5) is 0 Å². The molecule has 2 aliphatic rings. The summed E-state index contributed by atoms with van der Waals surface area (Å²) in [6, 6.07) is 6.78. The summed E-state index contributed by atoms with van der Waals surface area (Å²) in [5, 5.41) is 0. The SMILES string of the molecule is CCC(=O)N1CCC2(CC1)COc1ccccc1S(=O)(=O)N(CCOC)C2. The number of amides is 1. The van der Waals surface area contributed by atoms with Gasteiger partial charge in [-0.3, -0.25) is 4.79 Å². The van der Waals surface area contributed by atoms with E-state index < -0.39 is 10.0 Å². The predicted octanol–water partition coefficient (Wildman–Crippen LogP) is 1.73. The second-order valence-corrected chi connectivity index (χ2v) is 9.21. The third-order valence-corrected chi connectivity index (χ3v) is 7.42. The molecular weight excluding hydrogens is 368 g/mol. The van der Waals surface area contributed by atoms with Crippen LogP contribution in [0.25, 0.3) is 0 Å². The first kappa shape index (κ1) is 20.1. The lowest BCUT2D eigenvalue weighted by Crippen LogP contribution is -2.52. The van der Waals surface area contributed by atoms with Crippen molar-refractivity contribution in [1.29, 1.82) is 0 Å². The molecule has 1 amide bonds. The Morgan fingerprint density at radius 1 is 1.26 bits per heavy atom. The summed E-state index contributed by atoms with van der Waals surface area (Å²) in [5.74, 6) is 0.539. The molecule has 0 saturated carbocycles. The minimum absolute atomic E-state index is 0.144. The molecule has 8 heteroatoms. The molecule has 1 aromatic rings. The fraction of sp³-hybridized carbons (Fsp3) is 0.632. The van der Waals surface area contributed by atoms with Crippen LogP contribution in [0.5, 0.6) is 5.75 Å². The number of piperidine rings is 1. The number of carbonyl (C=O) groups excluding carboxylic acids is 1. The molecule has 0 N–H and O–H groups in total. The topological polar surface area (TPSA) is 76.2 Å². The van der Waals surface area contributed by atoms with Gasteiger partial charge in [-0.2, -0.15) is 4.31 Å². The highest BCUT2D eigenvalue weighted by Gasteiger charge is 2.43. The van der Waals surface area contributed by atoms with E-state index >= 15 is 0 Å². The maximum Gasteiger partial charge on any atom is 0.246 e. The number of carbonyl (C=O) groups is 1. The van der Waals surface area contributed by atoms with E-state index in [1.54, 1.807) is 31.4 Å². The standard InChI is InChI=1S/C19H28N2O5S/c1-3-18(22)20-10-8-19(9-11-20)14-21(12-13-25-2)27(23,24)17-7-5-4-6-16(17)26-15-19/h4-7H,3,8-15H2,1-2H3. The van der Waals surface area contributed by atoms with E-state index in [1.165, 1.54) is 4.31 Å². The van der Waals surface area contributed by atoms with Crippen LogP contribution < -0.4 is 4.74 Å². The highest BCUT2D eigenvalue weighted by molar-refractivity contribution is 7.89. The van der Waals surface area contributed by atoms with Gasteiger partial charge in [-0.1, -0.05) is 19.1 Å². The van der Waals surface area contributed by atoms with E-state index in [9.17, 15) is 13.2 Å². The van der Waals surface area contributed by atoms with Crippen LogP contribution in [0.15, 0.2) is 29.2 Å². The van der Waals surface area contributed by atoms with Crippen molar-refractivity contribution in [2.75, 3.05) is 46.5 Å². The molecule has 1 spiro atoms. The number of fused-ring (bicyclic) bond motifs is 1. The zero-order chi connectivity index (χ0) is 19.5. The lowest BCUT2D eigenvalue weighted by atomic mass is 9.78. The predicted molar refractivity (Wildman–Crippen MR) is 101 cm³/mol. The number of likely N-dealkylation sites (tertiary alicyclic amines) is 1. The normalized spacial score (nSPS) is 21.8. The Balaban J connectivity index is 1.90. The highest BCUT2D eigenvalue weighted by Crippen LogP contribution is 2.39. The van der Waals surface area contributed by atoms with E-state index in [-0.39, 0.29) is 16.2 Å². The number of benzene rings is 1. The van der Waals surface area contributed by atoms with Crippen LogP contribution in [0.3, 0.4) is 0 Å². The lowest BCUT2D eigenvalue weighted by Gasteiger charge is -2.45. The quantitative estimate of drug-likeness (QED) is 0.775. The van der Waals surface area contributed by atoms with Crippen molar-refractivity contribution in [2.24, 2.45) is 5.41 Å². The molecule has 2 heterocycles. The van der Waals surface area contributed by atoms with E-state index in [1.807, 2.05) is 11.8 Å². The Morgan fingerprint density at radius 2 is 1.96 bits per heavy atom. The van der Waals surface area contributed by atoms with Gasteiger partial charge in [0.2, 0.25) is 15.9 Å². The zero-order valence-corrected chi connectivity index (χ0v) is 16.8. The summed E-state index contributed by atoms with van der Waals surface area (Å²) >= 11 is 0. The van der Waals surface area contributed by atoms with Crippen molar-refractivity contribution < 1.29 is 22.7 Å². The number of nitrogens with zero attached hydrogens (tertiary/aromatic N) is 2. The Morgan fingerprint density at radius 3 is 2.63 bits per heavy atom. The molecule has 0 radical (unpaired) electrons. The average Bonchev–Trinajstić information content (AvgIpc) is 2.69. The fourth-order valence-corrected chi connectivity index (χ4v) is 5.47. The summed E-state index contributed by atoms with van der Waals surface area (Å²) < 4.78 is 39.2. The molecule has 0 bridgehead atoms. The van der Waals surface area contributed by atoms with Gasteiger partial charge in [0.1, 0.15) is 10.6 Å². The third kappa shape index (κ3) is 4.12. The maximum absolute atomic E-state index is 13.3. The molecule has 0 atom stereocenters. The highest BCUT2D eigenvalue weighted by atomic mass is 32.2. The number of ether oxygens (including phenoxy) is 2. The van der Waals surface area contributed by atoms with E-state index in [0.717, 1.165) is 12.8 Å². The minimum Gasteiger partial charge on any atom is -0.492 e. The number of para-hydroxylation sites is 1. The van der Waals surface area contributed by atoms with Gasteiger partial charge in [-0.05, 0) is 25.0 Å². The smallest absolute Gasteiger partial charge is 0.246 e. The minimum atomic E-state index is -3.68. The van der Waals surface area contributed by atoms with Gasteiger partial charge < -0.3 is 14.4 Å². The molecule has 0 aliphatic carbocycles. The molecule has 7 nitrogen and oxygen atoms in total. The van der Waals surface area contributed by atoms with Gasteiger partial charge in [-0.25, -0.2) is 8.42 Å². The van der Waals surface area contributed by atoms with Gasteiger partial charge in [0.25, 0.3) is 0 Å². The van der Waals surface area contributed by atoms with Gasteiger partial charge in [-0.15, -0.1) is 0 Å². The van der Waals surface area contributed by atoms with Gasteiger partial charge in [0, 0.05) is 45.1 Å². The molecular formula is C19H28N2O5S.